The van der Waals surface area contributed by atoms with E-state index < -0.39 is 14.9 Å². The summed E-state index contributed by atoms with van der Waals surface area (Å²) in [5.74, 6) is -0.0466. The number of ether oxygens (including phenoxy) is 1. The zero-order chi connectivity index (χ0) is 14.2. The normalized spacial score (nSPS) is 16.9. The number of nitrogens with two attached hydrogens (primary N) is 1. The highest BCUT2D eigenvalue weighted by Gasteiger charge is 2.36. The third-order valence-electron chi connectivity index (χ3n) is 2.85. The van der Waals surface area contributed by atoms with Gasteiger partial charge in [-0.05, 0) is 6.07 Å². The zero-order valence-electron chi connectivity index (χ0n) is 10.1. The number of benzene rings is 1. The molecule has 1 saturated heterocycles. The summed E-state index contributed by atoms with van der Waals surface area (Å²) in [6.45, 7) is 0.477. The second-order valence-electron chi connectivity index (χ2n) is 4.17. The van der Waals surface area contributed by atoms with E-state index in [1.165, 1.54) is 17.5 Å². The number of nitro groups is 1. The van der Waals surface area contributed by atoms with Crippen molar-refractivity contribution in [3.8, 4) is 5.75 Å². The first-order valence-corrected chi connectivity index (χ1v) is 6.88. The standard InChI is InChI=1S/C10H13N3O5S/c1-18-9-4-8(13(14)15)2-3-10(9)19(16,17)12-5-7(11)6-12/h2-4,7H,5-6,11H2,1H3. The van der Waals surface area contributed by atoms with Gasteiger partial charge in [0, 0.05) is 25.2 Å². The van der Waals surface area contributed by atoms with Crippen LogP contribution in [0.5, 0.6) is 5.75 Å². The number of methoxy groups -OCH3 is 1. The summed E-state index contributed by atoms with van der Waals surface area (Å²) in [7, 11) is -2.45. The number of rotatable bonds is 4. The quantitative estimate of drug-likeness (QED) is 0.612. The van der Waals surface area contributed by atoms with E-state index >= 15 is 0 Å². The lowest BCUT2D eigenvalue weighted by molar-refractivity contribution is -0.385. The van der Waals surface area contributed by atoms with Crippen LogP contribution < -0.4 is 10.5 Å². The van der Waals surface area contributed by atoms with Crippen LogP contribution >= 0.6 is 0 Å². The van der Waals surface area contributed by atoms with Crippen molar-refractivity contribution in [3.63, 3.8) is 0 Å². The Bertz CT molecular complexity index is 610. The first kappa shape index (κ1) is 13.7. The van der Waals surface area contributed by atoms with E-state index in [1.807, 2.05) is 0 Å². The Balaban J connectivity index is 2.42. The van der Waals surface area contributed by atoms with E-state index in [0.717, 1.165) is 12.1 Å². The Morgan fingerprint density at radius 1 is 1.47 bits per heavy atom. The molecule has 1 aromatic carbocycles. The van der Waals surface area contributed by atoms with E-state index in [2.05, 4.69) is 0 Å². The van der Waals surface area contributed by atoms with Crippen molar-refractivity contribution in [3.05, 3.63) is 28.3 Å². The summed E-state index contributed by atoms with van der Waals surface area (Å²) in [6.07, 6.45) is 0. The van der Waals surface area contributed by atoms with Gasteiger partial charge >= 0.3 is 0 Å². The molecule has 0 aromatic heterocycles. The Morgan fingerprint density at radius 2 is 2.11 bits per heavy atom. The fraction of sp³-hybridized carbons (Fsp3) is 0.400. The molecule has 1 aromatic rings. The first-order chi connectivity index (χ1) is 8.86. The number of hydrogen-bond acceptors (Lipinski definition) is 6. The second kappa shape index (κ2) is 4.76. The summed E-state index contributed by atoms with van der Waals surface area (Å²) in [5.41, 5.74) is 5.33. The van der Waals surface area contributed by atoms with E-state index in [0.29, 0.717) is 0 Å². The van der Waals surface area contributed by atoms with Crippen molar-refractivity contribution >= 4 is 15.7 Å². The molecule has 0 spiro atoms. The molecule has 0 bridgehead atoms. The van der Waals surface area contributed by atoms with Crippen LogP contribution in [0.15, 0.2) is 23.1 Å². The topological polar surface area (TPSA) is 116 Å². The van der Waals surface area contributed by atoms with Gasteiger partial charge in [-0.15, -0.1) is 0 Å². The monoisotopic (exact) mass is 287 g/mol. The van der Waals surface area contributed by atoms with Crippen LogP contribution in [0.2, 0.25) is 0 Å². The fourth-order valence-corrected chi connectivity index (χ4v) is 3.48. The molecule has 1 fully saturated rings. The van der Waals surface area contributed by atoms with Crippen LogP contribution in [-0.2, 0) is 10.0 Å². The van der Waals surface area contributed by atoms with Gasteiger partial charge < -0.3 is 10.5 Å². The van der Waals surface area contributed by atoms with E-state index in [4.69, 9.17) is 10.5 Å². The van der Waals surface area contributed by atoms with Gasteiger partial charge in [-0.2, -0.15) is 4.31 Å². The van der Waals surface area contributed by atoms with E-state index in [1.54, 1.807) is 0 Å². The summed E-state index contributed by atoms with van der Waals surface area (Å²) < 4.78 is 30.6. The van der Waals surface area contributed by atoms with Gasteiger partial charge in [-0.3, -0.25) is 10.1 Å². The fourth-order valence-electron chi connectivity index (χ4n) is 1.79. The molecule has 1 aliphatic heterocycles. The molecule has 2 N–H and O–H groups in total. The van der Waals surface area contributed by atoms with Crippen LogP contribution in [0.1, 0.15) is 0 Å². The summed E-state index contributed by atoms with van der Waals surface area (Å²) in [4.78, 5) is 9.94. The van der Waals surface area contributed by atoms with Gasteiger partial charge in [0.15, 0.2) is 0 Å². The largest absolute Gasteiger partial charge is 0.495 e. The highest BCUT2D eigenvalue weighted by molar-refractivity contribution is 7.89. The van der Waals surface area contributed by atoms with Crippen LogP contribution in [0.3, 0.4) is 0 Å². The Labute approximate surface area is 110 Å². The van der Waals surface area contributed by atoms with Crippen molar-refractivity contribution in [1.82, 2.24) is 4.31 Å². The molecule has 0 radical (unpaired) electrons. The maximum Gasteiger partial charge on any atom is 0.273 e. The molecule has 0 atom stereocenters. The Morgan fingerprint density at radius 3 is 2.58 bits per heavy atom. The van der Waals surface area contributed by atoms with E-state index in [-0.39, 0.29) is 35.5 Å². The van der Waals surface area contributed by atoms with Crippen molar-refractivity contribution in [2.75, 3.05) is 20.2 Å². The van der Waals surface area contributed by atoms with Gasteiger partial charge in [0.2, 0.25) is 10.0 Å². The molecule has 0 unspecified atom stereocenters. The third kappa shape index (κ3) is 2.39. The molecule has 0 amide bonds. The van der Waals surface area contributed by atoms with Gasteiger partial charge in [0.25, 0.3) is 5.69 Å². The molecule has 2 rings (SSSR count). The molecule has 1 heterocycles. The highest BCUT2D eigenvalue weighted by atomic mass is 32.2. The van der Waals surface area contributed by atoms with Crippen LogP contribution in [0.4, 0.5) is 5.69 Å². The van der Waals surface area contributed by atoms with Gasteiger partial charge in [0.1, 0.15) is 10.6 Å². The number of nitrogens with zero attached hydrogens (tertiary/aromatic N) is 2. The number of nitro benzene ring substituents is 1. The molecule has 0 saturated carbocycles. The van der Waals surface area contributed by atoms with Crippen molar-refractivity contribution < 1.29 is 18.1 Å². The smallest absolute Gasteiger partial charge is 0.273 e. The lowest BCUT2D eigenvalue weighted by atomic mass is 10.2. The molecule has 0 aliphatic carbocycles. The van der Waals surface area contributed by atoms with Gasteiger partial charge in [-0.25, -0.2) is 8.42 Å². The van der Waals surface area contributed by atoms with Crippen molar-refractivity contribution in [1.29, 1.82) is 0 Å². The summed E-state index contributed by atoms with van der Waals surface area (Å²) in [5, 5.41) is 10.6. The van der Waals surface area contributed by atoms with Crippen LogP contribution in [0.25, 0.3) is 0 Å². The molecular weight excluding hydrogens is 274 g/mol. The summed E-state index contributed by atoms with van der Waals surface area (Å²) in [6, 6.07) is 3.23. The molecule has 104 valence electrons. The second-order valence-corrected chi connectivity index (χ2v) is 6.08. The SMILES string of the molecule is COc1cc([N+](=O)[O-])ccc1S(=O)(=O)N1CC(N)C1. The van der Waals surface area contributed by atoms with Gasteiger partial charge in [-0.1, -0.05) is 0 Å². The zero-order valence-corrected chi connectivity index (χ0v) is 11.0. The number of sulfonamides is 1. The minimum Gasteiger partial charge on any atom is -0.495 e. The Kier molecular flexibility index (Phi) is 3.43. The average Bonchev–Trinajstić information content (AvgIpc) is 2.33. The summed E-state index contributed by atoms with van der Waals surface area (Å²) >= 11 is 0. The lowest BCUT2D eigenvalue weighted by Crippen LogP contribution is -2.57. The van der Waals surface area contributed by atoms with Crippen molar-refractivity contribution in [2.45, 2.75) is 10.9 Å². The predicted octanol–water partition coefficient (Wildman–Crippen LogP) is -0.0650. The molecule has 9 heteroatoms. The lowest BCUT2D eigenvalue weighted by Gasteiger charge is -2.35. The maximum atomic E-state index is 12.2. The number of hydrogen-bond donors (Lipinski definition) is 1. The minimum atomic E-state index is -3.71. The van der Waals surface area contributed by atoms with E-state index in [9.17, 15) is 18.5 Å². The first-order valence-electron chi connectivity index (χ1n) is 5.44. The Hall–Kier alpha value is -1.71. The predicted molar refractivity (Wildman–Crippen MR) is 66.4 cm³/mol. The van der Waals surface area contributed by atoms with Crippen LogP contribution in [0, 0.1) is 10.1 Å². The van der Waals surface area contributed by atoms with Crippen LogP contribution in [-0.4, -0.2) is 43.9 Å². The minimum absolute atomic E-state index is 0.0466. The maximum absolute atomic E-state index is 12.2. The molecule has 1 aliphatic rings. The number of non-ortho nitro benzene ring substituents is 1. The molecule has 19 heavy (non-hydrogen) atoms. The average molecular weight is 287 g/mol. The molecular formula is C10H13N3O5S. The van der Waals surface area contributed by atoms with Crippen molar-refractivity contribution in [2.24, 2.45) is 5.73 Å². The third-order valence-corrected chi connectivity index (χ3v) is 4.72. The van der Waals surface area contributed by atoms with Gasteiger partial charge in [0.05, 0.1) is 18.1 Å². The highest BCUT2D eigenvalue weighted by Crippen LogP contribution is 2.31. The molecule has 8 nitrogen and oxygen atoms in total.